The maximum Gasteiger partial charge on any atom is 0.0397 e. The molecule has 3 heteroatoms. The lowest BCUT2D eigenvalue weighted by Crippen LogP contribution is -2.24. The quantitative estimate of drug-likeness (QED) is 0.825. The van der Waals surface area contributed by atoms with Crippen LogP contribution in [0.3, 0.4) is 0 Å². The molecule has 0 aromatic heterocycles. The van der Waals surface area contributed by atoms with Crippen LogP contribution in [0.25, 0.3) is 0 Å². The molecule has 1 aromatic rings. The Morgan fingerprint density at radius 1 is 1.38 bits per heavy atom. The van der Waals surface area contributed by atoms with E-state index in [0.717, 1.165) is 18.7 Å². The van der Waals surface area contributed by atoms with Crippen LogP contribution in [-0.2, 0) is 6.42 Å². The molecule has 1 rings (SSSR count). The average Bonchev–Trinajstić information content (AvgIpc) is 2.26. The van der Waals surface area contributed by atoms with Gasteiger partial charge in [-0.2, -0.15) is 11.8 Å². The molecule has 1 aromatic carbocycles. The minimum atomic E-state index is 0.218. The van der Waals surface area contributed by atoms with E-state index in [4.69, 9.17) is 5.73 Å². The standard InChI is InChI=1S/C13H22N2S/c1-11(14)10-12-6-4-5-7-13(12)15(2)8-9-16-3/h4-7,11H,8-10,14H2,1-3H3. The Bertz CT molecular complexity index is 313. The first-order valence-corrected chi connectivity index (χ1v) is 7.08. The molecule has 1 unspecified atom stereocenters. The number of para-hydroxylation sites is 1. The van der Waals surface area contributed by atoms with Crippen LogP contribution in [0, 0.1) is 0 Å². The number of hydrogen-bond acceptors (Lipinski definition) is 3. The van der Waals surface area contributed by atoms with E-state index in [1.807, 2.05) is 11.8 Å². The van der Waals surface area contributed by atoms with E-state index in [0.29, 0.717) is 0 Å². The fraction of sp³-hybridized carbons (Fsp3) is 0.538. The molecule has 0 amide bonds. The van der Waals surface area contributed by atoms with Gasteiger partial charge in [0.05, 0.1) is 0 Å². The zero-order chi connectivity index (χ0) is 12.0. The number of rotatable bonds is 6. The van der Waals surface area contributed by atoms with Crippen molar-refractivity contribution in [3.05, 3.63) is 29.8 Å². The van der Waals surface area contributed by atoms with Crippen LogP contribution in [0.1, 0.15) is 12.5 Å². The Morgan fingerprint density at radius 3 is 2.69 bits per heavy atom. The molecule has 0 heterocycles. The molecule has 1 atom stereocenters. The third-order valence-electron chi connectivity index (χ3n) is 2.58. The van der Waals surface area contributed by atoms with Crippen molar-refractivity contribution < 1.29 is 0 Å². The second-order valence-electron chi connectivity index (χ2n) is 4.22. The molecule has 0 bridgehead atoms. The lowest BCUT2D eigenvalue weighted by Gasteiger charge is -2.22. The van der Waals surface area contributed by atoms with Crippen LogP contribution in [-0.4, -0.2) is 31.6 Å². The highest BCUT2D eigenvalue weighted by Crippen LogP contribution is 2.20. The van der Waals surface area contributed by atoms with Crippen LogP contribution in [0.15, 0.2) is 24.3 Å². The van der Waals surface area contributed by atoms with Crippen molar-refractivity contribution in [2.75, 3.05) is 30.5 Å². The van der Waals surface area contributed by atoms with Gasteiger partial charge in [-0.15, -0.1) is 0 Å². The van der Waals surface area contributed by atoms with E-state index in [1.165, 1.54) is 11.3 Å². The number of hydrogen-bond donors (Lipinski definition) is 1. The molecule has 0 spiro atoms. The lowest BCUT2D eigenvalue weighted by atomic mass is 10.0. The molecule has 16 heavy (non-hydrogen) atoms. The maximum absolute atomic E-state index is 5.87. The summed E-state index contributed by atoms with van der Waals surface area (Å²) in [6.45, 7) is 3.13. The highest BCUT2D eigenvalue weighted by Gasteiger charge is 2.07. The molecule has 2 N–H and O–H groups in total. The van der Waals surface area contributed by atoms with Gasteiger partial charge in [0.25, 0.3) is 0 Å². The van der Waals surface area contributed by atoms with Crippen molar-refractivity contribution >= 4 is 17.4 Å². The Balaban J connectivity index is 2.76. The predicted molar refractivity (Wildman–Crippen MR) is 75.4 cm³/mol. The second-order valence-corrected chi connectivity index (χ2v) is 5.21. The summed E-state index contributed by atoms with van der Waals surface area (Å²) in [6, 6.07) is 8.75. The molecule has 0 aliphatic rings. The van der Waals surface area contributed by atoms with Gasteiger partial charge < -0.3 is 10.6 Å². The van der Waals surface area contributed by atoms with Crippen molar-refractivity contribution in [1.29, 1.82) is 0 Å². The van der Waals surface area contributed by atoms with Crippen molar-refractivity contribution in [2.24, 2.45) is 5.73 Å². The van der Waals surface area contributed by atoms with E-state index >= 15 is 0 Å². The fourth-order valence-electron chi connectivity index (χ4n) is 1.75. The molecule has 0 aliphatic heterocycles. The largest absolute Gasteiger partial charge is 0.374 e. The van der Waals surface area contributed by atoms with Gasteiger partial charge in [-0.25, -0.2) is 0 Å². The van der Waals surface area contributed by atoms with Crippen molar-refractivity contribution in [1.82, 2.24) is 0 Å². The molecule has 0 radical (unpaired) electrons. The normalized spacial score (nSPS) is 12.5. The Kier molecular flexibility index (Phi) is 5.71. The van der Waals surface area contributed by atoms with Gasteiger partial charge in [-0.05, 0) is 31.2 Å². The first kappa shape index (κ1) is 13.4. The number of thioether (sulfide) groups is 1. The van der Waals surface area contributed by atoms with E-state index < -0.39 is 0 Å². The molecule has 0 saturated heterocycles. The fourth-order valence-corrected chi connectivity index (χ4v) is 2.21. The molecule has 90 valence electrons. The summed E-state index contributed by atoms with van der Waals surface area (Å²) >= 11 is 1.88. The van der Waals surface area contributed by atoms with E-state index in [1.54, 1.807) is 0 Å². The molecular formula is C13H22N2S. The van der Waals surface area contributed by atoms with Crippen LogP contribution >= 0.6 is 11.8 Å². The molecule has 0 aliphatic carbocycles. The molecule has 0 saturated carbocycles. The van der Waals surface area contributed by atoms with Gasteiger partial charge in [0, 0.05) is 31.1 Å². The smallest absolute Gasteiger partial charge is 0.0397 e. The van der Waals surface area contributed by atoms with Crippen LogP contribution in [0.2, 0.25) is 0 Å². The first-order valence-electron chi connectivity index (χ1n) is 5.68. The van der Waals surface area contributed by atoms with Crippen LogP contribution < -0.4 is 10.6 Å². The summed E-state index contributed by atoms with van der Waals surface area (Å²) in [4.78, 5) is 2.31. The van der Waals surface area contributed by atoms with E-state index in [2.05, 4.69) is 49.4 Å². The monoisotopic (exact) mass is 238 g/mol. The second kappa shape index (κ2) is 6.81. The minimum absolute atomic E-state index is 0.218. The topological polar surface area (TPSA) is 29.3 Å². The third-order valence-corrected chi connectivity index (χ3v) is 3.17. The van der Waals surface area contributed by atoms with Gasteiger partial charge in [0.2, 0.25) is 0 Å². The van der Waals surface area contributed by atoms with Gasteiger partial charge in [0.15, 0.2) is 0 Å². The summed E-state index contributed by atoms with van der Waals surface area (Å²) < 4.78 is 0. The molecular weight excluding hydrogens is 216 g/mol. The zero-order valence-electron chi connectivity index (χ0n) is 10.4. The number of benzene rings is 1. The average molecular weight is 238 g/mol. The number of anilines is 1. The Hall–Kier alpha value is -0.670. The van der Waals surface area contributed by atoms with Crippen molar-refractivity contribution in [3.8, 4) is 0 Å². The summed E-state index contributed by atoms with van der Waals surface area (Å²) in [5, 5.41) is 0. The molecule has 0 fully saturated rings. The third kappa shape index (κ3) is 4.06. The van der Waals surface area contributed by atoms with Gasteiger partial charge in [-0.1, -0.05) is 18.2 Å². The van der Waals surface area contributed by atoms with Crippen molar-refractivity contribution in [3.63, 3.8) is 0 Å². The number of nitrogens with two attached hydrogens (primary N) is 1. The highest BCUT2D eigenvalue weighted by molar-refractivity contribution is 7.98. The SMILES string of the molecule is CSCCN(C)c1ccccc1CC(C)N. The van der Waals surface area contributed by atoms with E-state index in [-0.39, 0.29) is 6.04 Å². The Labute approximate surface area is 103 Å². The molecule has 2 nitrogen and oxygen atoms in total. The summed E-state index contributed by atoms with van der Waals surface area (Å²) in [7, 11) is 2.15. The van der Waals surface area contributed by atoms with E-state index in [9.17, 15) is 0 Å². The highest BCUT2D eigenvalue weighted by atomic mass is 32.2. The maximum atomic E-state index is 5.87. The summed E-state index contributed by atoms with van der Waals surface area (Å²) in [5.41, 5.74) is 8.53. The van der Waals surface area contributed by atoms with Gasteiger partial charge in [-0.3, -0.25) is 0 Å². The zero-order valence-corrected chi connectivity index (χ0v) is 11.3. The number of nitrogens with zero attached hydrogens (tertiary/aromatic N) is 1. The van der Waals surface area contributed by atoms with Crippen LogP contribution in [0.5, 0.6) is 0 Å². The first-order chi connectivity index (χ1) is 7.65. The Morgan fingerprint density at radius 2 is 2.06 bits per heavy atom. The van der Waals surface area contributed by atoms with Gasteiger partial charge in [0.1, 0.15) is 0 Å². The summed E-state index contributed by atoms with van der Waals surface area (Å²) in [5.74, 6) is 1.16. The van der Waals surface area contributed by atoms with Gasteiger partial charge >= 0.3 is 0 Å². The predicted octanol–water partition coefficient (Wildman–Crippen LogP) is 2.38. The summed E-state index contributed by atoms with van der Waals surface area (Å²) in [6.07, 6.45) is 3.08. The van der Waals surface area contributed by atoms with Crippen LogP contribution in [0.4, 0.5) is 5.69 Å². The van der Waals surface area contributed by atoms with Crippen molar-refractivity contribution in [2.45, 2.75) is 19.4 Å². The lowest BCUT2D eigenvalue weighted by molar-refractivity contribution is 0.735. The minimum Gasteiger partial charge on any atom is -0.374 e.